The number of carbonyl (C=O) groups excluding carboxylic acids is 2. The fourth-order valence-electron chi connectivity index (χ4n) is 6.32. The summed E-state index contributed by atoms with van der Waals surface area (Å²) >= 11 is 0. The van der Waals surface area contributed by atoms with Crippen molar-refractivity contribution in [1.82, 2.24) is 15.3 Å². The van der Waals surface area contributed by atoms with Crippen LogP contribution < -0.4 is 25.2 Å². The number of methoxy groups -OCH3 is 1. The van der Waals surface area contributed by atoms with Gasteiger partial charge in [0.25, 0.3) is 5.91 Å². The number of nitrogens with zero attached hydrogens (tertiary/aromatic N) is 4. The van der Waals surface area contributed by atoms with Gasteiger partial charge in [-0.05, 0) is 63.1 Å². The topological polar surface area (TPSA) is 120 Å². The van der Waals surface area contributed by atoms with Crippen molar-refractivity contribution >= 4 is 35.0 Å². The van der Waals surface area contributed by atoms with Gasteiger partial charge >= 0.3 is 0 Å². The summed E-state index contributed by atoms with van der Waals surface area (Å²) in [5.74, 6) is 1.59. The second-order valence-corrected chi connectivity index (χ2v) is 11.4. The van der Waals surface area contributed by atoms with Crippen LogP contribution in [-0.2, 0) is 4.79 Å². The molecule has 5 rings (SSSR count). The second-order valence-electron chi connectivity index (χ2n) is 11.4. The van der Waals surface area contributed by atoms with E-state index < -0.39 is 0 Å². The normalized spacial score (nSPS) is 23.5. The third-order valence-corrected chi connectivity index (χ3v) is 8.63. The van der Waals surface area contributed by atoms with Crippen LogP contribution >= 0.6 is 0 Å². The molecule has 2 aromatic rings. The molecule has 0 spiro atoms. The standard InChI is InChI=1S/C30H42N6O4/c1-4-7-20-18-36(22-8-5-6-9-22)27-25(35(2)29(20)39)17-31-30(34-27)33-24-15-10-19(16-26(24)40-3)28(38)32-21-11-13-23(37)14-12-21/h10,15-17,20-23,37H,4-9,11-14,18H2,1-3H3,(H,32,38)(H,31,33,34)/t20-,21?,23?/m0/s1. The molecule has 1 atom stereocenters. The van der Waals surface area contributed by atoms with Crippen LogP contribution in [0.25, 0.3) is 0 Å². The summed E-state index contributed by atoms with van der Waals surface area (Å²) in [5, 5.41) is 16.1. The molecule has 1 aliphatic heterocycles. The number of aromatic nitrogens is 2. The van der Waals surface area contributed by atoms with Gasteiger partial charge in [-0.3, -0.25) is 9.59 Å². The molecule has 10 nitrogen and oxygen atoms in total. The number of aliphatic hydroxyl groups is 1. The fourth-order valence-corrected chi connectivity index (χ4v) is 6.32. The van der Waals surface area contributed by atoms with Crippen molar-refractivity contribution in [2.24, 2.45) is 5.92 Å². The molecule has 2 heterocycles. The minimum Gasteiger partial charge on any atom is -0.495 e. The van der Waals surface area contributed by atoms with Gasteiger partial charge in [-0.25, -0.2) is 4.98 Å². The van der Waals surface area contributed by atoms with Gasteiger partial charge in [0.1, 0.15) is 11.4 Å². The molecule has 40 heavy (non-hydrogen) atoms. The zero-order chi connectivity index (χ0) is 28.2. The van der Waals surface area contributed by atoms with E-state index in [1.807, 2.05) is 7.05 Å². The van der Waals surface area contributed by atoms with Crippen molar-refractivity contribution in [1.29, 1.82) is 0 Å². The Balaban J connectivity index is 1.38. The Bertz CT molecular complexity index is 1210. The number of nitrogens with one attached hydrogen (secondary N) is 2. The van der Waals surface area contributed by atoms with Crippen LogP contribution in [0.3, 0.4) is 0 Å². The van der Waals surface area contributed by atoms with E-state index in [0.717, 1.165) is 50.0 Å². The monoisotopic (exact) mass is 550 g/mol. The van der Waals surface area contributed by atoms with Crippen LogP contribution in [0.5, 0.6) is 5.75 Å². The number of carbonyl (C=O) groups is 2. The molecule has 3 N–H and O–H groups in total. The summed E-state index contributed by atoms with van der Waals surface area (Å²) in [6.07, 6.45) is 10.8. The quantitative estimate of drug-likeness (QED) is 0.442. The van der Waals surface area contributed by atoms with Crippen LogP contribution in [0.1, 0.15) is 81.5 Å². The van der Waals surface area contributed by atoms with Gasteiger partial charge in [0.05, 0.1) is 31.0 Å². The van der Waals surface area contributed by atoms with Crippen molar-refractivity contribution < 1.29 is 19.4 Å². The summed E-state index contributed by atoms with van der Waals surface area (Å²) in [6.45, 7) is 2.79. The van der Waals surface area contributed by atoms with Gasteiger partial charge in [-0.1, -0.05) is 26.2 Å². The van der Waals surface area contributed by atoms with E-state index in [9.17, 15) is 14.7 Å². The van der Waals surface area contributed by atoms with E-state index in [4.69, 9.17) is 9.72 Å². The molecule has 1 aromatic heterocycles. The first-order valence-corrected chi connectivity index (χ1v) is 14.7. The first-order chi connectivity index (χ1) is 19.4. The Kier molecular flexibility index (Phi) is 8.73. The maximum Gasteiger partial charge on any atom is 0.251 e. The molecule has 216 valence electrons. The van der Waals surface area contributed by atoms with E-state index in [1.54, 1.807) is 36.4 Å². The molecule has 0 unspecified atom stereocenters. The van der Waals surface area contributed by atoms with Crippen molar-refractivity contribution in [3.8, 4) is 5.75 Å². The number of benzene rings is 1. The minimum absolute atomic E-state index is 0.0671. The summed E-state index contributed by atoms with van der Waals surface area (Å²) in [5.41, 5.74) is 1.88. The maximum atomic E-state index is 13.3. The number of anilines is 4. The molecule has 2 amide bonds. The molecule has 1 aromatic carbocycles. The molecular formula is C30H42N6O4. The van der Waals surface area contributed by atoms with Gasteiger partial charge in [0.2, 0.25) is 11.9 Å². The maximum absolute atomic E-state index is 13.3. The van der Waals surface area contributed by atoms with Gasteiger partial charge in [0, 0.05) is 31.2 Å². The number of aliphatic hydroxyl groups excluding tert-OH is 1. The number of hydrogen-bond donors (Lipinski definition) is 3. The summed E-state index contributed by atoms with van der Waals surface area (Å²) in [6, 6.07) is 5.70. The van der Waals surface area contributed by atoms with Gasteiger partial charge in [0.15, 0.2) is 5.82 Å². The van der Waals surface area contributed by atoms with E-state index in [2.05, 4.69) is 27.4 Å². The van der Waals surface area contributed by atoms with Crippen molar-refractivity contribution in [3.63, 3.8) is 0 Å². The van der Waals surface area contributed by atoms with Crippen molar-refractivity contribution in [2.45, 2.75) is 89.3 Å². The Morgan fingerprint density at radius 1 is 1.15 bits per heavy atom. The molecule has 0 saturated heterocycles. The Morgan fingerprint density at radius 2 is 1.90 bits per heavy atom. The lowest BCUT2D eigenvalue weighted by Crippen LogP contribution is -2.40. The Morgan fingerprint density at radius 3 is 2.60 bits per heavy atom. The highest BCUT2D eigenvalue weighted by Gasteiger charge is 2.36. The zero-order valence-corrected chi connectivity index (χ0v) is 23.9. The average molecular weight is 551 g/mol. The van der Waals surface area contributed by atoms with E-state index in [-0.39, 0.29) is 29.9 Å². The molecule has 0 radical (unpaired) electrons. The van der Waals surface area contributed by atoms with E-state index >= 15 is 0 Å². The lowest BCUT2D eigenvalue weighted by molar-refractivity contribution is -0.121. The molecule has 2 fully saturated rings. The predicted octanol–water partition coefficient (Wildman–Crippen LogP) is 4.40. The molecular weight excluding hydrogens is 508 g/mol. The first-order valence-electron chi connectivity index (χ1n) is 14.7. The van der Waals surface area contributed by atoms with Crippen LogP contribution in [0.4, 0.5) is 23.1 Å². The van der Waals surface area contributed by atoms with Crippen molar-refractivity contribution in [3.05, 3.63) is 30.0 Å². The highest BCUT2D eigenvalue weighted by Crippen LogP contribution is 2.38. The lowest BCUT2D eigenvalue weighted by Gasteiger charge is -2.31. The van der Waals surface area contributed by atoms with Crippen LogP contribution in [0.2, 0.25) is 0 Å². The number of amides is 2. The van der Waals surface area contributed by atoms with Crippen LogP contribution in [0.15, 0.2) is 24.4 Å². The predicted molar refractivity (Wildman–Crippen MR) is 155 cm³/mol. The number of rotatable bonds is 8. The van der Waals surface area contributed by atoms with E-state index in [1.165, 1.54) is 12.8 Å². The second kappa shape index (κ2) is 12.4. The Labute approximate surface area is 236 Å². The summed E-state index contributed by atoms with van der Waals surface area (Å²) in [4.78, 5) is 39.8. The molecule has 2 saturated carbocycles. The summed E-state index contributed by atoms with van der Waals surface area (Å²) in [7, 11) is 3.39. The molecule has 2 aliphatic carbocycles. The summed E-state index contributed by atoms with van der Waals surface area (Å²) < 4.78 is 5.63. The lowest BCUT2D eigenvalue weighted by atomic mass is 9.93. The largest absolute Gasteiger partial charge is 0.495 e. The Hall–Kier alpha value is -3.40. The van der Waals surface area contributed by atoms with Crippen LogP contribution in [-0.4, -0.2) is 65.8 Å². The third kappa shape index (κ3) is 6.01. The van der Waals surface area contributed by atoms with Gasteiger partial charge < -0.3 is 30.3 Å². The number of hydrogen-bond acceptors (Lipinski definition) is 8. The van der Waals surface area contributed by atoms with Crippen molar-refractivity contribution in [2.75, 3.05) is 35.8 Å². The highest BCUT2D eigenvalue weighted by atomic mass is 16.5. The van der Waals surface area contributed by atoms with Gasteiger partial charge in [-0.15, -0.1) is 0 Å². The third-order valence-electron chi connectivity index (χ3n) is 8.63. The van der Waals surface area contributed by atoms with E-state index in [0.29, 0.717) is 48.4 Å². The molecule has 10 heteroatoms. The minimum atomic E-state index is -0.266. The fraction of sp³-hybridized carbons (Fsp3) is 0.600. The van der Waals surface area contributed by atoms with Crippen LogP contribution in [0, 0.1) is 5.92 Å². The smallest absolute Gasteiger partial charge is 0.251 e. The highest BCUT2D eigenvalue weighted by molar-refractivity contribution is 5.99. The molecule has 0 bridgehead atoms. The number of fused-ring (bicyclic) bond motifs is 1. The van der Waals surface area contributed by atoms with Gasteiger partial charge in [-0.2, -0.15) is 4.98 Å². The zero-order valence-electron chi connectivity index (χ0n) is 23.9. The SMILES string of the molecule is CCC[C@H]1CN(C2CCCC2)c2nc(Nc3ccc(C(=O)NC4CCC(O)CC4)cc3OC)ncc2N(C)C1=O. The first kappa shape index (κ1) is 28.1. The average Bonchev–Trinajstić information content (AvgIpc) is 3.48. The number of ether oxygens (including phenoxy) is 1. The molecule has 3 aliphatic rings.